The van der Waals surface area contributed by atoms with Crippen LogP contribution in [0.15, 0.2) is 85.5 Å². The van der Waals surface area contributed by atoms with E-state index in [9.17, 15) is 9.90 Å². The van der Waals surface area contributed by atoms with Crippen LogP contribution in [0.4, 0.5) is 4.79 Å². The van der Waals surface area contributed by atoms with Crippen LogP contribution in [0.1, 0.15) is 45.6 Å². The van der Waals surface area contributed by atoms with Crippen molar-refractivity contribution < 1.29 is 9.90 Å². The number of aromatic nitrogens is 6. The highest BCUT2D eigenvalue weighted by atomic mass is 16.4. The first kappa shape index (κ1) is 26.8. The molecule has 216 valence electrons. The largest absolute Gasteiger partial charge is 0.465 e. The Hall–Kier alpha value is -5.05. The van der Waals surface area contributed by atoms with E-state index in [1.54, 1.807) is 11.2 Å². The van der Waals surface area contributed by atoms with Gasteiger partial charge in [-0.3, -0.25) is 9.30 Å². The summed E-state index contributed by atoms with van der Waals surface area (Å²) in [5.74, 6) is 0.675. The second-order valence-electron chi connectivity index (χ2n) is 12.4. The number of carbonyl (C=O) groups is 1. The van der Waals surface area contributed by atoms with Gasteiger partial charge in [-0.15, -0.1) is 10.2 Å². The molecule has 0 saturated heterocycles. The number of rotatable bonds is 5. The average Bonchev–Trinajstić information content (AvgIpc) is 3.60. The maximum Gasteiger partial charge on any atom is 0.408 e. The molecule has 1 N–H and O–H groups in total. The van der Waals surface area contributed by atoms with Crippen LogP contribution in [0.5, 0.6) is 0 Å². The molecule has 7 rings (SSSR count). The summed E-state index contributed by atoms with van der Waals surface area (Å²) in [6.07, 6.45) is 7.36. The van der Waals surface area contributed by atoms with Crippen LogP contribution in [-0.2, 0) is 12.6 Å². The van der Waals surface area contributed by atoms with Crippen LogP contribution >= 0.6 is 0 Å². The molecule has 0 radical (unpaired) electrons. The molecular weight excluding hydrogens is 538 g/mol. The van der Waals surface area contributed by atoms with E-state index in [-0.39, 0.29) is 0 Å². The molecule has 1 aliphatic rings. The van der Waals surface area contributed by atoms with Crippen molar-refractivity contribution in [2.75, 3.05) is 0 Å². The fraction of sp³-hybridized carbons (Fsp3) is 0.265. The van der Waals surface area contributed by atoms with Gasteiger partial charge in [0, 0.05) is 41.5 Å². The second kappa shape index (κ2) is 9.76. The molecule has 6 aromatic rings. The lowest BCUT2D eigenvalue weighted by Gasteiger charge is -2.54. The smallest absolute Gasteiger partial charge is 0.408 e. The van der Waals surface area contributed by atoms with Gasteiger partial charge < -0.3 is 9.67 Å². The Bertz CT molecular complexity index is 1980. The summed E-state index contributed by atoms with van der Waals surface area (Å²) in [4.78, 5) is 23.7. The number of benzene rings is 2. The van der Waals surface area contributed by atoms with E-state index < -0.39 is 17.2 Å². The lowest BCUT2D eigenvalue weighted by molar-refractivity contribution is -0.0328. The molecule has 9 nitrogen and oxygen atoms in total. The SMILES string of the molecule is Cn1cnc(-c2nnc3c4cc(-c5ccccc5)c(-c5ccc(C6(N(C(=O)O)C(C)(C)C)CCC6)cc5)nc4ccn23)c1. The second-order valence-corrected chi connectivity index (χ2v) is 12.4. The van der Waals surface area contributed by atoms with Crippen molar-refractivity contribution in [3.8, 4) is 33.9 Å². The molecule has 0 spiro atoms. The predicted octanol–water partition coefficient (Wildman–Crippen LogP) is 7.17. The lowest BCUT2D eigenvalue weighted by Crippen LogP contribution is -2.60. The average molecular weight is 572 g/mol. The van der Waals surface area contributed by atoms with E-state index in [1.165, 1.54) is 0 Å². The number of pyridine rings is 2. The fourth-order valence-corrected chi connectivity index (χ4v) is 6.56. The predicted molar refractivity (Wildman–Crippen MR) is 167 cm³/mol. The number of fused-ring (bicyclic) bond motifs is 3. The highest BCUT2D eigenvalue weighted by Gasteiger charge is 2.50. The van der Waals surface area contributed by atoms with Gasteiger partial charge >= 0.3 is 6.09 Å². The lowest BCUT2D eigenvalue weighted by atomic mass is 9.69. The van der Waals surface area contributed by atoms with E-state index in [0.29, 0.717) is 11.5 Å². The van der Waals surface area contributed by atoms with E-state index in [2.05, 4.69) is 57.6 Å². The first-order valence-electron chi connectivity index (χ1n) is 14.5. The summed E-state index contributed by atoms with van der Waals surface area (Å²) in [5, 5.41) is 20.1. The zero-order valence-electron chi connectivity index (χ0n) is 24.7. The summed E-state index contributed by atoms with van der Waals surface area (Å²) in [6, 6.07) is 22.7. The molecule has 0 bridgehead atoms. The third kappa shape index (κ3) is 4.34. The van der Waals surface area contributed by atoms with Gasteiger partial charge in [-0.2, -0.15) is 0 Å². The maximum absolute atomic E-state index is 12.4. The van der Waals surface area contributed by atoms with Crippen LogP contribution in [-0.4, -0.2) is 50.8 Å². The summed E-state index contributed by atoms with van der Waals surface area (Å²) < 4.78 is 3.84. The quantitative estimate of drug-likeness (QED) is 0.235. The third-order valence-corrected chi connectivity index (χ3v) is 8.56. The van der Waals surface area contributed by atoms with Crippen molar-refractivity contribution in [2.24, 2.45) is 7.05 Å². The van der Waals surface area contributed by atoms with Crippen LogP contribution in [0.3, 0.4) is 0 Å². The van der Waals surface area contributed by atoms with Crippen LogP contribution in [0, 0.1) is 0 Å². The number of carboxylic acid groups (broad SMARTS) is 1. The molecule has 2 aromatic carbocycles. The molecule has 9 heteroatoms. The molecule has 1 aliphatic carbocycles. The van der Waals surface area contributed by atoms with Gasteiger partial charge in [0.25, 0.3) is 0 Å². The van der Waals surface area contributed by atoms with Gasteiger partial charge in [-0.05, 0) is 63.3 Å². The van der Waals surface area contributed by atoms with Crippen molar-refractivity contribution in [2.45, 2.75) is 51.1 Å². The van der Waals surface area contributed by atoms with Crippen molar-refractivity contribution in [1.29, 1.82) is 0 Å². The van der Waals surface area contributed by atoms with Gasteiger partial charge in [0.05, 0.1) is 23.1 Å². The first-order valence-corrected chi connectivity index (χ1v) is 14.5. The normalized spacial score (nSPS) is 14.6. The third-order valence-electron chi connectivity index (χ3n) is 8.56. The number of hydrogen-bond donors (Lipinski definition) is 1. The molecule has 4 aromatic heterocycles. The molecule has 4 heterocycles. The van der Waals surface area contributed by atoms with Crippen molar-refractivity contribution in [1.82, 2.24) is 34.0 Å². The van der Waals surface area contributed by atoms with Crippen LogP contribution < -0.4 is 0 Å². The molecular formula is C34H33N7O2. The van der Waals surface area contributed by atoms with Crippen molar-refractivity contribution in [3.05, 3.63) is 91.0 Å². The molecule has 1 fully saturated rings. The number of hydrogen-bond acceptors (Lipinski definition) is 5. The molecule has 1 saturated carbocycles. The molecule has 0 unspecified atom stereocenters. The van der Waals surface area contributed by atoms with Gasteiger partial charge in [0.2, 0.25) is 0 Å². The van der Waals surface area contributed by atoms with Crippen LogP contribution in [0.2, 0.25) is 0 Å². The van der Waals surface area contributed by atoms with E-state index in [4.69, 9.17) is 4.98 Å². The van der Waals surface area contributed by atoms with Gasteiger partial charge in [-0.25, -0.2) is 14.8 Å². The summed E-state index contributed by atoms with van der Waals surface area (Å²) in [6.45, 7) is 5.89. The standard InChI is InChI=1S/C34H33N7O2/c1-33(2,3)41(32(42)43)34(16-8-17-34)24-13-11-23(12-14-24)29-25(22-9-6-5-7-10-22)19-26-27(36-29)15-18-40-30(26)37-38-31(40)28-20-39(4)21-35-28/h5-7,9-15,18-21H,8,16-17H2,1-4H3,(H,42,43). The molecule has 43 heavy (non-hydrogen) atoms. The van der Waals surface area contributed by atoms with Crippen molar-refractivity contribution in [3.63, 3.8) is 0 Å². The van der Waals surface area contributed by atoms with E-state index >= 15 is 0 Å². The van der Waals surface area contributed by atoms with Crippen LogP contribution in [0.25, 0.3) is 50.5 Å². The van der Waals surface area contributed by atoms with E-state index in [1.807, 2.05) is 73.4 Å². The number of nitrogens with zero attached hydrogens (tertiary/aromatic N) is 7. The van der Waals surface area contributed by atoms with Gasteiger partial charge in [-0.1, -0.05) is 54.6 Å². The number of imidazole rings is 1. The molecule has 0 aliphatic heterocycles. The van der Waals surface area contributed by atoms with Crippen molar-refractivity contribution >= 4 is 22.6 Å². The van der Waals surface area contributed by atoms with Gasteiger partial charge in [0.1, 0.15) is 5.69 Å². The van der Waals surface area contributed by atoms with E-state index in [0.717, 1.165) is 63.8 Å². The highest BCUT2D eigenvalue weighted by Crippen LogP contribution is 2.50. The minimum Gasteiger partial charge on any atom is -0.465 e. The fourth-order valence-electron chi connectivity index (χ4n) is 6.56. The molecule has 1 amide bonds. The zero-order chi connectivity index (χ0) is 29.9. The Morgan fingerprint density at radius 3 is 2.33 bits per heavy atom. The summed E-state index contributed by atoms with van der Waals surface area (Å²) in [5.41, 5.74) is 6.10. The molecule has 0 atom stereocenters. The minimum absolute atomic E-state index is 0.519. The highest BCUT2D eigenvalue weighted by molar-refractivity contribution is 5.98. The topological polar surface area (TPSA) is 101 Å². The Labute approximate surface area is 249 Å². The Kier molecular flexibility index (Phi) is 6.09. The minimum atomic E-state index is -0.884. The Morgan fingerprint density at radius 2 is 1.72 bits per heavy atom. The van der Waals surface area contributed by atoms with Gasteiger partial charge in [0.15, 0.2) is 11.5 Å². The Balaban J connectivity index is 1.37. The number of aryl methyl sites for hydroxylation is 1. The zero-order valence-corrected chi connectivity index (χ0v) is 24.7. The monoisotopic (exact) mass is 571 g/mol. The maximum atomic E-state index is 12.4. The summed E-state index contributed by atoms with van der Waals surface area (Å²) >= 11 is 0. The summed E-state index contributed by atoms with van der Waals surface area (Å²) in [7, 11) is 1.93. The Morgan fingerprint density at radius 1 is 0.977 bits per heavy atom. The number of amides is 1. The first-order chi connectivity index (χ1) is 20.7.